The zero-order valence-corrected chi connectivity index (χ0v) is 19.4. The number of nitrogens with one attached hydrogen (secondary N) is 1. The van der Waals surface area contributed by atoms with Gasteiger partial charge in [-0.3, -0.25) is 9.78 Å². The molecule has 8 nitrogen and oxygen atoms in total. The van der Waals surface area contributed by atoms with Crippen LogP contribution < -0.4 is 5.32 Å². The normalized spacial score (nSPS) is 16.8. The highest BCUT2D eigenvalue weighted by atomic mass is 32.2. The van der Waals surface area contributed by atoms with Crippen molar-refractivity contribution in [2.24, 2.45) is 0 Å². The molecule has 0 saturated carbocycles. The molecule has 10 heteroatoms. The van der Waals surface area contributed by atoms with Crippen LogP contribution in [-0.2, 0) is 10.0 Å². The number of fused-ring (bicyclic) bond motifs is 1. The Morgan fingerprint density at radius 3 is 2.70 bits per heavy atom. The average molecular weight is 480 g/mol. The number of sulfonamides is 1. The van der Waals surface area contributed by atoms with E-state index in [0.29, 0.717) is 35.6 Å². The summed E-state index contributed by atoms with van der Waals surface area (Å²) < 4.78 is 28.7. The van der Waals surface area contributed by atoms with E-state index < -0.39 is 16.1 Å². The molecule has 2 aromatic heterocycles. The van der Waals surface area contributed by atoms with Gasteiger partial charge in [-0.05, 0) is 44.0 Å². The van der Waals surface area contributed by atoms with Gasteiger partial charge in [0.05, 0.1) is 11.6 Å². The van der Waals surface area contributed by atoms with E-state index >= 15 is 0 Å². The Kier molecular flexibility index (Phi) is 5.65. The number of carbonyl (C=O) groups excluding carboxylic acids is 1. The first-order chi connectivity index (χ1) is 15.9. The van der Waals surface area contributed by atoms with Crippen LogP contribution in [0.4, 0.5) is 5.69 Å². The number of carbonyl (C=O) groups is 1. The van der Waals surface area contributed by atoms with Crippen molar-refractivity contribution in [1.82, 2.24) is 19.5 Å². The van der Waals surface area contributed by atoms with E-state index in [9.17, 15) is 13.2 Å². The quantitative estimate of drug-likeness (QED) is 0.461. The van der Waals surface area contributed by atoms with E-state index in [1.165, 1.54) is 4.31 Å². The Labute approximate surface area is 195 Å². The van der Waals surface area contributed by atoms with Gasteiger partial charge in [-0.2, -0.15) is 4.31 Å². The van der Waals surface area contributed by atoms with Gasteiger partial charge >= 0.3 is 0 Å². The fourth-order valence-electron chi connectivity index (χ4n) is 3.97. The lowest BCUT2D eigenvalue weighted by atomic mass is 10.2. The van der Waals surface area contributed by atoms with Gasteiger partial charge in [0.25, 0.3) is 5.91 Å². The minimum absolute atomic E-state index is 0.175. The molecule has 33 heavy (non-hydrogen) atoms. The van der Waals surface area contributed by atoms with Crippen LogP contribution >= 0.6 is 11.3 Å². The molecule has 0 spiro atoms. The Bertz CT molecular complexity index is 1430. The summed E-state index contributed by atoms with van der Waals surface area (Å²) in [5.74, 6) is -0.367. The third-order valence-corrected chi connectivity index (χ3v) is 8.58. The average Bonchev–Trinajstić information content (AvgIpc) is 3.50. The number of anilines is 1. The van der Waals surface area contributed by atoms with Crippen LogP contribution in [0.1, 0.15) is 39.3 Å². The van der Waals surface area contributed by atoms with Gasteiger partial charge in [0.2, 0.25) is 15.0 Å². The molecule has 0 unspecified atom stereocenters. The third-order valence-electron chi connectivity index (χ3n) is 5.62. The summed E-state index contributed by atoms with van der Waals surface area (Å²) >= 11 is 1.12. The molecular weight excluding hydrogens is 458 g/mol. The fraction of sp³-hybridized carbons (Fsp3) is 0.217. The van der Waals surface area contributed by atoms with Crippen LogP contribution in [0.25, 0.3) is 10.9 Å². The van der Waals surface area contributed by atoms with Gasteiger partial charge < -0.3 is 5.32 Å². The standard InChI is InChI=1S/C23H21N5O3S2/c1-15-9-11-17(12-10-15)25-21(29)23-27-26-22(32-23)18-7-4-14-28(18)33(30,31)19-8-2-5-16-6-3-13-24-20(16)19/h2-3,5-6,8-13,18H,4,7,14H2,1H3,(H,25,29)/t18-/m1/s1. The molecule has 2 aromatic carbocycles. The second kappa shape index (κ2) is 8.62. The molecule has 4 aromatic rings. The smallest absolute Gasteiger partial charge is 0.286 e. The monoisotopic (exact) mass is 479 g/mol. The molecule has 3 heterocycles. The summed E-state index contributed by atoms with van der Waals surface area (Å²) in [7, 11) is -3.82. The SMILES string of the molecule is Cc1ccc(NC(=O)c2nnc([C@H]3CCCN3S(=O)(=O)c3cccc4cccnc34)s2)cc1. The number of rotatable bonds is 5. The van der Waals surface area contributed by atoms with Crippen LogP contribution in [0.15, 0.2) is 65.7 Å². The summed E-state index contributed by atoms with van der Waals surface area (Å²) in [5, 5.41) is 12.5. The minimum atomic E-state index is -3.82. The van der Waals surface area contributed by atoms with Gasteiger partial charge in [-0.1, -0.05) is 47.2 Å². The highest BCUT2D eigenvalue weighted by Gasteiger charge is 2.39. The Morgan fingerprint density at radius 1 is 1.09 bits per heavy atom. The molecule has 1 saturated heterocycles. The molecule has 0 radical (unpaired) electrons. The molecule has 0 bridgehead atoms. The number of amides is 1. The van der Waals surface area contributed by atoms with E-state index in [0.717, 1.165) is 22.3 Å². The van der Waals surface area contributed by atoms with Gasteiger partial charge in [0, 0.05) is 23.8 Å². The van der Waals surface area contributed by atoms with E-state index in [2.05, 4.69) is 20.5 Å². The maximum absolute atomic E-state index is 13.6. The van der Waals surface area contributed by atoms with Crippen LogP contribution in [-0.4, -0.2) is 40.4 Å². The fourth-order valence-corrected chi connectivity index (χ4v) is 6.75. The van der Waals surface area contributed by atoms with Crippen LogP contribution in [0.3, 0.4) is 0 Å². The number of hydrogen-bond donors (Lipinski definition) is 1. The van der Waals surface area contributed by atoms with E-state index in [1.54, 1.807) is 24.4 Å². The Morgan fingerprint density at radius 2 is 1.88 bits per heavy atom. The highest BCUT2D eigenvalue weighted by molar-refractivity contribution is 7.89. The molecule has 5 rings (SSSR count). The predicted octanol–water partition coefficient (Wildman–Crippen LogP) is 4.17. The van der Waals surface area contributed by atoms with Gasteiger partial charge in [0.15, 0.2) is 0 Å². The molecular formula is C23H21N5O3S2. The van der Waals surface area contributed by atoms with Crippen molar-refractivity contribution in [2.45, 2.75) is 30.7 Å². The zero-order valence-electron chi connectivity index (χ0n) is 17.8. The lowest BCUT2D eigenvalue weighted by Crippen LogP contribution is -2.31. The van der Waals surface area contributed by atoms with Crippen LogP contribution in [0.5, 0.6) is 0 Å². The van der Waals surface area contributed by atoms with Crippen molar-refractivity contribution in [3.05, 3.63) is 76.4 Å². The third kappa shape index (κ3) is 4.12. The molecule has 1 aliphatic rings. The summed E-state index contributed by atoms with van der Waals surface area (Å²) in [6.45, 7) is 2.35. The molecule has 0 aliphatic carbocycles. The Hall–Kier alpha value is -3.21. The van der Waals surface area contributed by atoms with Crippen LogP contribution in [0.2, 0.25) is 0 Å². The van der Waals surface area contributed by atoms with Crippen LogP contribution in [0, 0.1) is 6.92 Å². The first-order valence-corrected chi connectivity index (χ1v) is 12.8. The molecule has 1 atom stereocenters. The van der Waals surface area contributed by atoms with E-state index in [-0.39, 0.29) is 15.8 Å². The predicted molar refractivity (Wildman–Crippen MR) is 127 cm³/mol. The van der Waals surface area contributed by atoms with Crippen molar-refractivity contribution in [1.29, 1.82) is 0 Å². The number of aromatic nitrogens is 3. The molecule has 1 N–H and O–H groups in total. The van der Waals surface area contributed by atoms with Gasteiger partial charge in [-0.25, -0.2) is 8.42 Å². The van der Waals surface area contributed by atoms with Gasteiger partial charge in [-0.15, -0.1) is 10.2 Å². The number of pyridine rings is 1. The summed E-state index contributed by atoms with van der Waals surface area (Å²) in [5.41, 5.74) is 2.20. The second-order valence-electron chi connectivity index (χ2n) is 7.87. The van der Waals surface area contributed by atoms with Crippen molar-refractivity contribution in [3.8, 4) is 0 Å². The molecule has 1 fully saturated rings. The lowest BCUT2D eigenvalue weighted by molar-refractivity contribution is 0.102. The molecule has 1 aliphatic heterocycles. The van der Waals surface area contributed by atoms with Crippen molar-refractivity contribution in [3.63, 3.8) is 0 Å². The van der Waals surface area contributed by atoms with E-state index in [4.69, 9.17) is 0 Å². The highest BCUT2D eigenvalue weighted by Crippen LogP contribution is 2.38. The number of hydrogen-bond acceptors (Lipinski definition) is 7. The van der Waals surface area contributed by atoms with Gasteiger partial charge in [0.1, 0.15) is 9.90 Å². The number of para-hydroxylation sites is 1. The van der Waals surface area contributed by atoms with E-state index in [1.807, 2.05) is 43.3 Å². The molecule has 1 amide bonds. The number of benzene rings is 2. The summed E-state index contributed by atoms with van der Waals surface area (Å²) in [6, 6.07) is 15.8. The summed E-state index contributed by atoms with van der Waals surface area (Å²) in [4.78, 5) is 17.1. The largest absolute Gasteiger partial charge is 0.320 e. The summed E-state index contributed by atoms with van der Waals surface area (Å²) in [6.07, 6.45) is 2.91. The topological polar surface area (TPSA) is 105 Å². The first-order valence-electron chi connectivity index (χ1n) is 10.5. The van der Waals surface area contributed by atoms with Crippen molar-refractivity contribution >= 4 is 43.9 Å². The first kappa shape index (κ1) is 21.6. The number of nitrogens with zero attached hydrogens (tertiary/aromatic N) is 4. The maximum Gasteiger partial charge on any atom is 0.286 e. The Balaban J connectivity index is 1.41. The lowest BCUT2D eigenvalue weighted by Gasteiger charge is -2.22. The number of aryl methyl sites for hydroxylation is 1. The van der Waals surface area contributed by atoms with Crippen molar-refractivity contribution < 1.29 is 13.2 Å². The molecule has 168 valence electrons. The zero-order chi connectivity index (χ0) is 23.0. The second-order valence-corrected chi connectivity index (χ2v) is 10.7. The van der Waals surface area contributed by atoms with Crippen molar-refractivity contribution in [2.75, 3.05) is 11.9 Å². The minimum Gasteiger partial charge on any atom is -0.320 e. The maximum atomic E-state index is 13.6.